The Morgan fingerprint density at radius 3 is 0.980 bits per heavy atom. The van der Waals surface area contributed by atoms with Gasteiger partial charge in [-0.2, -0.15) is 0 Å². The van der Waals surface area contributed by atoms with Gasteiger partial charge in [-0.05, 0) is 60.0 Å². The van der Waals surface area contributed by atoms with Crippen LogP contribution in [0.4, 0.5) is 0 Å². The molecule has 3 aromatic rings. The molecule has 0 aliphatic carbocycles. The van der Waals surface area contributed by atoms with E-state index in [-0.39, 0.29) is 39.6 Å². The fraction of sp³-hybridized carbons (Fsp3) is 0.289. The highest BCUT2D eigenvalue weighted by Crippen LogP contribution is 2.40. The van der Waals surface area contributed by atoms with Crippen molar-refractivity contribution in [2.24, 2.45) is 0 Å². The number of benzene rings is 3. The fourth-order valence-corrected chi connectivity index (χ4v) is 4.59. The van der Waals surface area contributed by atoms with Gasteiger partial charge in [-0.25, -0.2) is 14.4 Å². The van der Waals surface area contributed by atoms with Crippen molar-refractivity contribution in [3.05, 3.63) is 127 Å². The van der Waals surface area contributed by atoms with Crippen molar-refractivity contribution in [1.29, 1.82) is 0 Å². The van der Waals surface area contributed by atoms with Crippen molar-refractivity contribution in [2.75, 3.05) is 39.6 Å². The maximum atomic E-state index is 11.3. The summed E-state index contributed by atoms with van der Waals surface area (Å²) in [5, 5.41) is 30.3. The van der Waals surface area contributed by atoms with Crippen LogP contribution in [-0.4, -0.2) is 91.2 Å². The largest absolute Gasteiger partial charge is 0.491 e. The molecule has 0 aromatic heterocycles. The van der Waals surface area contributed by atoms with Gasteiger partial charge in [-0.1, -0.05) is 56.1 Å². The Kier molecular flexibility index (Phi) is 15.2. The second kappa shape index (κ2) is 19.5. The van der Waals surface area contributed by atoms with E-state index in [0.717, 1.165) is 34.9 Å². The molecule has 50 heavy (non-hydrogen) atoms. The lowest BCUT2D eigenvalue weighted by molar-refractivity contribution is -0.142. The van der Waals surface area contributed by atoms with Crippen molar-refractivity contribution in [1.82, 2.24) is 0 Å². The van der Waals surface area contributed by atoms with Gasteiger partial charge in [-0.15, -0.1) is 0 Å². The summed E-state index contributed by atoms with van der Waals surface area (Å²) in [4.78, 5) is 33.8. The van der Waals surface area contributed by atoms with E-state index in [2.05, 4.69) is 19.7 Å². The topological polar surface area (TPSA) is 167 Å². The monoisotopic (exact) mass is 690 g/mol. The average Bonchev–Trinajstić information content (AvgIpc) is 3.15. The lowest BCUT2D eigenvalue weighted by Crippen LogP contribution is -2.26. The van der Waals surface area contributed by atoms with E-state index in [4.69, 9.17) is 28.4 Å². The summed E-state index contributed by atoms with van der Waals surface area (Å²) in [6, 6.07) is 22.0. The van der Waals surface area contributed by atoms with Gasteiger partial charge >= 0.3 is 17.9 Å². The molecule has 3 atom stereocenters. The van der Waals surface area contributed by atoms with Gasteiger partial charge in [-0.3, -0.25) is 0 Å². The number of aliphatic hydroxyl groups excluding tert-OH is 3. The third-order valence-corrected chi connectivity index (χ3v) is 7.38. The predicted molar refractivity (Wildman–Crippen MR) is 183 cm³/mol. The van der Waals surface area contributed by atoms with Crippen LogP contribution in [0.3, 0.4) is 0 Å². The minimum Gasteiger partial charge on any atom is -0.491 e. The molecule has 12 heteroatoms. The molecule has 3 rings (SSSR count). The van der Waals surface area contributed by atoms with E-state index in [0.29, 0.717) is 17.2 Å². The van der Waals surface area contributed by atoms with Crippen LogP contribution in [-0.2, 0) is 34.0 Å². The standard InChI is InChI=1S/C38H42O12/c1-5-35(42)48-23-29(39)20-45-32-14-8-26(9-15-32)38(4,27-10-16-33(17-11-27)46-21-30(40)24-49-36(43)6-2)28-12-18-34(19-13-28)47-22-31(41)25-50-37(44)7-3/h5-19,29-31,39-41H,1-3,20-25H2,4H3. The summed E-state index contributed by atoms with van der Waals surface area (Å²) in [7, 11) is 0. The summed E-state index contributed by atoms with van der Waals surface area (Å²) in [5.41, 5.74) is 1.97. The summed E-state index contributed by atoms with van der Waals surface area (Å²) in [6.07, 6.45) is -0.0560. The fourth-order valence-electron chi connectivity index (χ4n) is 4.59. The van der Waals surface area contributed by atoms with Crippen LogP contribution in [0.1, 0.15) is 23.6 Å². The van der Waals surface area contributed by atoms with Crippen molar-refractivity contribution in [2.45, 2.75) is 30.7 Å². The first-order valence-electron chi connectivity index (χ1n) is 15.6. The van der Waals surface area contributed by atoms with Crippen molar-refractivity contribution >= 4 is 17.9 Å². The maximum absolute atomic E-state index is 11.3. The Labute approximate surface area is 290 Å². The Morgan fingerprint density at radius 2 is 0.760 bits per heavy atom. The summed E-state index contributed by atoms with van der Waals surface area (Å²) in [6.45, 7) is 11.0. The van der Waals surface area contributed by atoms with E-state index in [1.807, 2.05) is 43.3 Å². The van der Waals surface area contributed by atoms with Crippen LogP contribution in [0.5, 0.6) is 17.2 Å². The Hall–Kier alpha value is -5.43. The molecule has 0 saturated heterocycles. The minimum atomic E-state index is -1.03. The highest BCUT2D eigenvalue weighted by Gasteiger charge is 2.31. The molecule has 3 N–H and O–H groups in total. The highest BCUT2D eigenvalue weighted by molar-refractivity contribution is 5.81. The quantitative estimate of drug-likeness (QED) is 0.0646. The van der Waals surface area contributed by atoms with E-state index in [1.165, 1.54) is 0 Å². The third-order valence-electron chi connectivity index (χ3n) is 7.38. The molecule has 0 heterocycles. The van der Waals surface area contributed by atoms with Gasteiger partial charge in [0.2, 0.25) is 0 Å². The number of carbonyl (C=O) groups excluding carboxylic acids is 3. The summed E-state index contributed by atoms with van der Waals surface area (Å²) < 4.78 is 31.7. The van der Waals surface area contributed by atoms with Crippen LogP contribution in [0.25, 0.3) is 0 Å². The van der Waals surface area contributed by atoms with E-state index >= 15 is 0 Å². The lowest BCUT2D eigenvalue weighted by Gasteiger charge is -2.32. The van der Waals surface area contributed by atoms with Gasteiger partial charge in [0.25, 0.3) is 0 Å². The van der Waals surface area contributed by atoms with Crippen molar-refractivity contribution in [3.8, 4) is 17.2 Å². The van der Waals surface area contributed by atoms with E-state index in [1.54, 1.807) is 36.4 Å². The molecule has 0 aliphatic rings. The number of carbonyl (C=O) groups is 3. The van der Waals surface area contributed by atoms with E-state index in [9.17, 15) is 29.7 Å². The molecular formula is C38H42O12. The van der Waals surface area contributed by atoms with Crippen LogP contribution in [0, 0.1) is 0 Å². The molecule has 0 saturated carbocycles. The van der Waals surface area contributed by atoms with E-state index < -0.39 is 41.6 Å². The molecule has 0 bridgehead atoms. The molecule has 0 amide bonds. The molecule has 266 valence electrons. The first-order chi connectivity index (χ1) is 24.0. The molecular weight excluding hydrogens is 648 g/mol. The summed E-state index contributed by atoms with van der Waals surface area (Å²) >= 11 is 0. The Balaban J connectivity index is 1.79. The number of ether oxygens (including phenoxy) is 6. The smallest absolute Gasteiger partial charge is 0.330 e. The molecule has 0 aliphatic heterocycles. The molecule has 12 nitrogen and oxygen atoms in total. The van der Waals surface area contributed by atoms with Gasteiger partial charge < -0.3 is 43.7 Å². The first-order valence-corrected chi connectivity index (χ1v) is 15.6. The molecule has 0 spiro atoms. The molecule has 0 fully saturated rings. The van der Waals surface area contributed by atoms with Crippen molar-refractivity contribution < 1.29 is 58.1 Å². The Morgan fingerprint density at radius 1 is 0.520 bits per heavy atom. The molecule has 3 unspecified atom stereocenters. The zero-order valence-electron chi connectivity index (χ0n) is 27.8. The van der Waals surface area contributed by atoms with Gasteiger partial charge in [0.05, 0.1) is 0 Å². The van der Waals surface area contributed by atoms with Crippen LogP contribution >= 0.6 is 0 Å². The normalized spacial score (nSPS) is 13.7. The lowest BCUT2D eigenvalue weighted by atomic mass is 9.71. The number of hydrogen-bond acceptors (Lipinski definition) is 12. The molecule has 3 aromatic carbocycles. The number of rotatable bonds is 21. The average molecular weight is 691 g/mol. The van der Waals surface area contributed by atoms with Crippen LogP contribution in [0.15, 0.2) is 111 Å². The van der Waals surface area contributed by atoms with Gasteiger partial charge in [0.15, 0.2) is 0 Å². The zero-order chi connectivity index (χ0) is 36.5. The van der Waals surface area contributed by atoms with Gasteiger partial charge in [0.1, 0.15) is 75.2 Å². The SMILES string of the molecule is C=CC(=O)OCC(O)COc1ccc(C(C)(c2ccc(OCC(O)COC(=O)C=C)cc2)c2ccc(OCC(O)COC(=O)C=C)cc2)cc1. The number of hydrogen-bond donors (Lipinski definition) is 3. The molecule has 0 radical (unpaired) electrons. The third kappa shape index (κ3) is 11.9. The van der Waals surface area contributed by atoms with Crippen LogP contribution < -0.4 is 14.2 Å². The minimum absolute atomic E-state index is 0.0965. The second-order valence-electron chi connectivity index (χ2n) is 11.1. The summed E-state index contributed by atoms with van der Waals surface area (Å²) in [5.74, 6) is -0.438. The predicted octanol–water partition coefficient (Wildman–Crippen LogP) is 3.45. The Bertz CT molecular complexity index is 1380. The van der Waals surface area contributed by atoms with Crippen molar-refractivity contribution in [3.63, 3.8) is 0 Å². The second-order valence-corrected chi connectivity index (χ2v) is 11.1. The van der Waals surface area contributed by atoms with Crippen LogP contribution in [0.2, 0.25) is 0 Å². The zero-order valence-corrected chi connectivity index (χ0v) is 27.8. The first kappa shape index (κ1) is 39.0. The number of esters is 3. The number of aliphatic hydroxyl groups is 3. The van der Waals surface area contributed by atoms with Gasteiger partial charge in [0, 0.05) is 23.6 Å². The highest BCUT2D eigenvalue weighted by atomic mass is 16.6. The maximum Gasteiger partial charge on any atom is 0.330 e.